The van der Waals surface area contributed by atoms with Gasteiger partial charge in [0.25, 0.3) is 5.56 Å². The predicted molar refractivity (Wildman–Crippen MR) is 127 cm³/mol. The number of amides is 1. The van der Waals surface area contributed by atoms with Gasteiger partial charge in [-0.2, -0.15) is 0 Å². The summed E-state index contributed by atoms with van der Waals surface area (Å²) in [7, 11) is 0. The van der Waals surface area contributed by atoms with Crippen molar-refractivity contribution in [3.05, 3.63) is 56.7 Å². The Balaban J connectivity index is 1.51. The fourth-order valence-electron chi connectivity index (χ4n) is 4.15. The predicted octanol–water partition coefficient (Wildman–Crippen LogP) is 4.34. The van der Waals surface area contributed by atoms with Crippen molar-refractivity contribution in [1.82, 2.24) is 14.9 Å². The molecule has 3 aromatic rings. The SMILES string of the molecule is CC(Sc1nc2sc3c(c2c(=O)n1CCc1ccccc1)CCCC3)C(=O)NC1CC1. The van der Waals surface area contributed by atoms with Crippen LogP contribution >= 0.6 is 23.1 Å². The van der Waals surface area contributed by atoms with Crippen LogP contribution in [-0.2, 0) is 30.6 Å². The van der Waals surface area contributed by atoms with Gasteiger partial charge in [0.15, 0.2) is 5.16 Å². The molecule has 31 heavy (non-hydrogen) atoms. The molecule has 1 N–H and O–H groups in total. The van der Waals surface area contributed by atoms with Gasteiger partial charge in [0.05, 0.1) is 10.6 Å². The molecule has 1 aromatic carbocycles. The Kier molecular flexibility index (Phi) is 5.89. The van der Waals surface area contributed by atoms with Gasteiger partial charge in [0, 0.05) is 17.5 Å². The Hall–Kier alpha value is -2.12. The molecular formula is C24H27N3O2S2. The van der Waals surface area contributed by atoms with Gasteiger partial charge < -0.3 is 5.32 Å². The summed E-state index contributed by atoms with van der Waals surface area (Å²) in [5.74, 6) is 0.0296. The number of carbonyl (C=O) groups is 1. The number of fused-ring (bicyclic) bond motifs is 3. The number of aromatic nitrogens is 2. The van der Waals surface area contributed by atoms with E-state index in [1.54, 1.807) is 11.3 Å². The van der Waals surface area contributed by atoms with Crippen LogP contribution in [0.25, 0.3) is 10.2 Å². The summed E-state index contributed by atoms with van der Waals surface area (Å²) in [4.78, 5) is 33.3. The number of thioether (sulfide) groups is 1. The number of rotatable bonds is 7. The summed E-state index contributed by atoms with van der Waals surface area (Å²) >= 11 is 3.07. The van der Waals surface area contributed by atoms with E-state index in [0.717, 1.165) is 48.7 Å². The number of carbonyl (C=O) groups excluding carboxylic acids is 1. The standard InChI is InChI=1S/C24H27N3O2S2/c1-15(21(28)25-17-11-12-17)30-24-26-22-20(18-9-5-6-10-19(18)31-22)23(29)27(24)14-13-16-7-3-2-4-8-16/h2-4,7-8,15,17H,5-6,9-14H2,1H3,(H,25,28). The zero-order chi connectivity index (χ0) is 21.4. The molecule has 162 valence electrons. The maximum Gasteiger partial charge on any atom is 0.263 e. The van der Waals surface area contributed by atoms with E-state index in [4.69, 9.17) is 4.98 Å². The molecule has 0 aliphatic heterocycles. The maximum atomic E-state index is 13.7. The molecule has 1 amide bonds. The molecule has 2 heterocycles. The highest BCUT2D eigenvalue weighted by atomic mass is 32.2. The molecule has 1 saturated carbocycles. The van der Waals surface area contributed by atoms with E-state index in [1.807, 2.05) is 29.7 Å². The smallest absolute Gasteiger partial charge is 0.263 e. The minimum Gasteiger partial charge on any atom is -0.352 e. The quantitative estimate of drug-likeness (QED) is 0.427. The van der Waals surface area contributed by atoms with E-state index in [-0.39, 0.29) is 16.7 Å². The Morgan fingerprint density at radius 1 is 1.26 bits per heavy atom. The Morgan fingerprint density at radius 3 is 2.81 bits per heavy atom. The molecule has 0 radical (unpaired) electrons. The van der Waals surface area contributed by atoms with Crippen LogP contribution in [0.5, 0.6) is 0 Å². The van der Waals surface area contributed by atoms with E-state index in [1.165, 1.54) is 34.2 Å². The van der Waals surface area contributed by atoms with Crippen molar-refractivity contribution in [3.63, 3.8) is 0 Å². The normalized spacial score (nSPS) is 16.8. The molecule has 5 nitrogen and oxygen atoms in total. The average molecular weight is 454 g/mol. The van der Waals surface area contributed by atoms with Crippen LogP contribution in [0, 0.1) is 0 Å². The lowest BCUT2D eigenvalue weighted by Crippen LogP contribution is -2.33. The lowest BCUT2D eigenvalue weighted by atomic mass is 9.97. The van der Waals surface area contributed by atoms with Gasteiger partial charge in [-0.15, -0.1) is 11.3 Å². The molecule has 1 atom stereocenters. The number of nitrogens with zero attached hydrogens (tertiary/aromatic N) is 2. The lowest BCUT2D eigenvalue weighted by molar-refractivity contribution is -0.120. The van der Waals surface area contributed by atoms with E-state index >= 15 is 0 Å². The summed E-state index contributed by atoms with van der Waals surface area (Å²) in [6.07, 6.45) is 7.22. The van der Waals surface area contributed by atoms with Gasteiger partial charge in [-0.05, 0) is 63.0 Å². The number of hydrogen-bond donors (Lipinski definition) is 1. The summed E-state index contributed by atoms with van der Waals surface area (Å²) < 4.78 is 1.81. The first-order chi connectivity index (χ1) is 15.1. The molecule has 2 aliphatic carbocycles. The van der Waals surface area contributed by atoms with E-state index in [9.17, 15) is 9.59 Å². The van der Waals surface area contributed by atoms with Crippen molar-refractivity contribution in [2.45, 2.75) is 74.9 Å². The molecule has 1 unspecified atom stereocenters. The second-order valence-corrected chi connectivity index (χ2v) is 10.9. The minimum atomic E-state index is -0.289. The van der Waals surface area contributed by atoms with Crippen molar-refractivity contribution in [1.29, 1.82) is 0 Å². The summed E-state index contributed by atoms with van der Waals surface area (Å²) in [5, 5.41) is 4.25. The zero-order valence-corrected chi connectivity index (χ0v) is 19.4. The van der Waals surface area contributed by atoms with Crippen LogP contribution in [0.2, 0.25) is 0 Å². The third kappa shape index (κ3) is 4.44. The van der Waals surface area contributed by atoms with Gasteiger partial charge in [-0.3, -0.25) is 14.2 Å². The number of hydrogen-bond acceptors (Lipinski definition) is 5. The first-order valence-corrected chi connectivity index (χ1v) is 12.9. The number of aryl methyl sites for hydroxylation is 3. The van der Waals surface area contributed by atoms with Crippen LogP contribution in [0.15, 0.2) is 40.3 Å². The highest BCUT2D eigenvalue weighted by Crippen LogP contribution is 2.35. The van der Waals surface area contributed by atoms with E-state index < -0.39 is 0 Å². The molecule has 0 spiro atoms. The van der Waals surface area contributed by atoms with Gasteiger partial charge >= 0.3 is 0 Å². The van der Waals surface area contributed by atoms with Gasteiger partial charge in [0.2, 0.25) is 5.91 Å². The van der Waals surface area contributed by atoms with Crippen molar-refractivity contribution < 1.29 is 4.79 Å². The van der Waals surface area contributed by atoms with Crippen LogP contribution in [0.1, 0.15) is 48.6 Å². The monoisotopic (exact) mass is 453 g/mol. The highest BCUT2D eigenvalue weighted by molar-refractivity contribution is 8.00. The van der Waals surface area contributed by atoms with Gasteiger partial charge in [-0.25, -0.2) is 4.98 Å². The first-order valence-electron chi connectivity index (χ1n) is 11.2. The molecule has 1 fully saturated rings. The van der Waals surface area contributed by atoms with Crippen LogP contribution < -0.4 is 10.9 Å². The minimum absolute atomic E-state index is 0.0296. The van der Waals surface area contributed by atoms with Crippen LogP contribution in [0.3, 0.4) is 0 Å². The van der Waals surface area contributed by atoms with Crippen molar-refractivity contribution in [2.75, 3.05) is 0 Å². The first kappa shape index (κ1) is 20.8. The lowest BCUT2D eigenvalue weighted by Gasteiger charge is -2.16. The molecule has 5 rings (SSSR count). The summed E-state index contributed by atoms with van der Waals surface area (Å²) in [6, 6.07) is 10.5. The van der Waals surface area contributed by atoms with Crippen molar-refractivity contribution >= 4 is 39.2 Å². The maximum absolute atomic E-state index is 13.7. The zero-order valence-electron chi connectivity index (χ0n) is 17.7. The second kappa shape index (κ2) is 8.79. The molecule has 2 aromatic heterocycles. The number of benzene rings is 1. The Labute approximate surface area is 190 Å². The molecule has 2 aliphatic rings. The van der Waals surface area contributed by atoms with Gasteiger partial charge in [-0.1, -0.05) is 42.1 Å². The Bertz CT molecular complexity index is 1170. The molecule has 0 bridgehead atoms. The van der Waals surface area contributed by atoms with Crippen molar-refractivity contribution in [3.8, 4) is 0 Å². The van der Waals surface area contributed by atoms with Crippen LogP contribution in [0.4, 0.5) is 0 Å². The number of thiophene rings is 1. The second-order valence-electron chi connectivity index (χ2n) is 8.52. The van der Waals surface area contributed by atoms with E-state index in [0.29, 0.717) is 17.7 Å². The molecule has 0 saturated heterocycles. The summed E-state index contributed by atoms with van der Waals surface area (Å²) in [5.41, 5.74) is 2.46. The largest absolute Gasteiger partial charge is 0.352 e. The number of nitrogens with one attached hydrogen (secondary N) is 1. The highest BCUT2D eigenvalue weighted by Gasteiger charge is 2.28. The topological polar surface area (TPSA) is 64.0 Å². The summed E-state index contributed by atoms with van der Waals surface area (Å²) in [6.45, 7) is 2.47. The molecule has 7 heteroatoms. The third-order valence-electron chi connectivity index (χ3n) is 6.08. The third-order valence-corrected chi connectivity index (χ3v) is 8.36. The van der Waals surface area contributed by atoms with E-state index in [2.05, 4.69) is 17.4 Å². The van der Waals surface area contributed by atoms with Crippen LogP contribution in [-0.4, -0.2) is 26.8 Å². The average Bonchev–Trinajstić information content (AvgIpc) is 3.51. The fraction of sp³-hybridized carbons (Fsp3) is 0.458. The molecular weight excluding hydrogens is 426 g/mol. The Morgan fingerprint density at radius 2 is 2.03 bits per heavy atom. The van der Waals surface area contributed by atoms with Crippen molar-refractivity contribution in [2.24, 2.45) is 0 Å². The fourth-order valence-corrected chi connectivity index (χ4v) is 6.40. The van der Waals surface area contributed by atoms with Gasteiger partial charge in [0.1, 0.15) is 4.83 Å².